The summed E-state index contributed by atoms with van der Waals surface area (Å²) in [5.41, 5.74) is 5.74. The van der Waals surface area contributed by atoms with Crippen molar-refractivity contribution in [1.82, 2.24) is 0 Å². The molecule has 13 heavy (non-hydrogen) atoms. The van der Waals surface area contributed by atoms with Crippen LogP contribution in [0.3, 0.4) is 0 Å². The Kier molecular flexibility index (Phi) is 2.72. The summed E-state index contributed by atoms with van der Waals surface area (Å²) in [6.07, 6.45) is 0. The van der Waals surface area contributed by atoms with Crippen LogP contribution in [0.15, 0.2) is 18.7 Å². The van der Waals surface area contributed by atoms with Crippen molar-refractivity contribution in [1.29, 1.82) is 0 Å². The van der Waals surface area contributed by atoms with Gasteiger partial charge in [0, 0.05) is 6.54 Å². The fourth-order valence-electron chi connectivity index (χ4n) is 0.877. The number of nitrogens with two attached hydrogens (primary N) is 1. The molecule has 0 aliphatic heterocycles. The van der Waals surface area contributed by atoms with Crippen molar-refractivity contribution in [2.75, 3.05) is 6.54 Å². The Hall–Kier alpha value is -1.29. The van der Waals surface area contributed by atoms with E-state index in [1.54, 1.807) is 0 Å². The van der Waals surface area contributed by atoms with Gasteiger partial charge in [-0.15, -0.1) is 0 Å². The molecule has 1 rings (SSSR count). The molecule has 1 aromatic rings. The van der Waals surface area contributed by atoms with Gasteiger partial charge in [-0.05, 0) is 23.3 Å². The quantitative estimate of drug-likeness (QED) is 0.705. The van der Waals surface area contributed by atoms with Gasteiger partial charge in [0.2, 0.25) is 0 Å². The van der Waals surface area contributed by atoms with E-state index in [1.807, 2.05) is 0 Å². The number of rotatable bonds is 2. The molecule has 1 nitrogen and oxygen atoms in total. The number of hydrogen-bond donors (Lipinski definition) is 1. The SMILES string of the molecule is C=C(CN)c1cc(F)c(F)c(F)c1. The van der Waals surface area contributed by atoms with Crippen LogP contribution in [-0.2, 0) is 0 Å². The Bertz CT molecular complexity index is 324. The first-order valence-electron chi connectivity index (χ1n) is 3.59. The number of halogens is 3. The van der Waals surface area contributed by atoms with Crippen LogP contribution in [-0.4, -0.2) is 6.54 Å². The molecule has 0 radical (unpaired) electrons. The summed E-state index contributed by atoms with van der Waals surface area (Å²) in [6, 6.07) is 1.74. The predicted octanol–water partition coefficient (Wildman–Crippen LogP) is 2.08. The molecule has 0 unspecified atom stereocenters. The average molecular weight is 187 g/mol. The van der Waals surface area contributed by atoms with Gasteiger partial charge in [0.15, 0.2) is 17.5 Å². The lowest BCUT2D eigenvalue weighted by Gasteiger charge is -2.03. The molecule has 0 atom stereocenters. The Labute approximate surface area is 73.7 Å². The molecular formula is C9H8F3N. The van der Waals surface area contributed by atoms with Crippen LogP contribution in [0.25, 0.3) is 5.57 Å². The Morgan fingerprint density at radius 2 is 1.69 bits per heavy atom. The summed E-state index contributed by atoms with van der Waals surface area (Å²) in [5, 5.41) is 0. The molecule has 70 valence electrons. The highest BCUT2D eigenvalue weighted by atomic mass is 19.2. The minimum Gasteiger partial charge on any atom is -0.326 e. The molecule has 0 saturated heterocycles. The van der Waals surface area contributed by atoms with E-state index in [2.05, 4.69) is 6.58 Å². The minimum atomic E-state index is -1.48. The third kappa shape index (κ3) is 1.89. The second kappa shape index (κ2) is 3.62. The molecule has 0 aliphatic rings. The van der Waals surface area contributed by atoms with Gasteiger partial charge in [-0.1, -0.05) is 6.58 Å². The minimum absolute atomic E-state index is 0.0739. The highest BCUT2D eigenvalue weighted by Gasteiger charge is 2.11. The standard InChI is InChI=1S/C9H8F3N/c1-5(4-13)6-2-7(10)9(12)8(11)3-6/h2-3H,1,4,13H2. The molecule has 2 N–H and O–H groups in total. The van der Waals surface area contributed by atoms with Crippen molar-refractivity contribution in [3.8, 4) is 0 Å². The zero-order valence-corrected chi connectivity index (χ0v) is 6.78. The molecule has 0 aliphatic carbocycles. The summed E-state index contributed by atoms with van der Waals surface area (Å²) in [6.45, 7) is 3.55. The largest absolute Gasteiger partial charge is 0.326 e. The van der Waals surface area contributed by atoms with Crippen molar-refractivity contribution in [3.05, 3.63) is 41.7 Å². The lowest BCUT2D eigenvalue weighted by atomic mass is 10.1. The molecule has 0 amide bonds. The van der Waals surface area contributed by atoms with Gasteiger partial charge in [0.25, 0.3) is 0 Å². The smallest absolute Gasteiger partial charge is 0.194 e. The molecule has 0 aromatic heterocycles. The van der Waals surface area contributed by atoms with Crippen LogP contribution in [0, 0.1) is 17.5 Å². The summed E-state index contributed by atoms with van der Waals surface area (Å²) >= 11 is 0. The average Bonchev–Trinajstić information content (AvgIpc) is 2.12. The lowest BCUT2D eigenvalue weighted by Crippen LogP contribution is -2.02. The van der Waals surface area contributed by atoms with Gasteiger partial charge in [-0.25, -0.2) is 13.2 Å². The van der Waals surface area contributed by atoms with Gasteiger partial charge in [0.1, 0.15) is 0 Å². The van der Waals surface area contributed by atoms with Crippen LogP contribution in [0.5, 0.6) is 0 Å². The fourth-order valence-corrected chi connectivity index (χ4v) is 0.877. The zero-order chi connectivity index (χ0) is 10.0. The third-order valence-corrected chi connectivity index (χ3v) is 1.64. The molecule has 0 bridgehead atoms. The summed E-state index contributed by atoms with van der Waals surface area (Å²) < 4.78 is 37.7. The number of benzene rings is 1. The van der Waals surface area contributed by atoms with Gasteiger partial charge >= 0.3 is 0 Å². The van der Waals surface area contributed by atoms with Crippen molar-refractivity contribution < 1.29 is 13.2 Å². The van der Waals surface area contributed by atoms with E-state index in [0.29, 0.717) is 5.57 Å². The molecule has 4 heteroatoms. The second-order valence-corrected chi connectivity index (χ2v) is 2.56. The second-order valence-electron chi connectivity index (χ2n) is 2.56. The van der Waals surface area contributed by atoms with Crippen LogP contribution in [0.2, 0.25) is 0 Å². The number of hydrogen-bond acceptors (Lipinski definition) is 1. The maximum atomic E-state index is 12.6. The van der Waals surface area contributed by atoms with E-state index in [4.69, 9.17) is 5.73 Å². The fraction of sp³-hybridized carbons (Fsp3) is 0.111. The van der Waals surface area contributed by atoms with Gasteiger partial charge in [-0.2, -0.15) is 0 Å². The maximum Gasteiger partial charge on any atom is 0.194 e. The maximum absolute atomic E-state index is 12.6. The Balaban J connectivity index is 3.20. The normalized spacial score (nSPS) is 10.2. The highest BCUT2D eigenvalue weighted by molar-refractivity contribution is 5.64. The summed E-state index contributed by atoms with van der Waals surface area (Å²) in [4.78, 5) is 0. The van der Waals surface area contributed by atoms with E-state index in [-0.39, 0.29) is 12.1 Å². The van der Waals surface area contributed by atoms with Crippen molar-refractivity contribution in [2.45, 2.75) is 0 Å². The third-order valence-electron chi connectivity index (χ3n) is 1.64. The monoisotopic (exact) mass is 187 g/mol. The summed E-state index contributed by atoms with van der Waals surface area (Å²) in [5.74, 6) is -3.94. The Morgan fingerprint density at radius 3 is 2.08 bits per heavy atom. The van der Waals surface area contributed by atoms with E-state index in [1.165, 1.54) is 0 Å². The van der Waals surface area contributed by atoms with Crippen LogP contribution in [0.1, 0.15) is 5.56 Å². The molecule has 0 saturated carbocycles. The van der Waals surface area contributed by atoms with Crippen molar-refractivity contribution in [2.24, 2.45) is 5.73 Å². The van der Waals surface area contributed by atoms with Crippen LogP contribution in [0.4, 0.5) is 13.2 Å². The molecule has 0 heterocycles. The van der Waals surface area contributed by atoms with Crippen molar-refractivity contribution >= 4 is 5.57 Å². The van der Waals surface area contributed by atoms with E-state index >= 15 is 0 Å². The van der Waals surface area contributed by atoms with E-state index in [0.717, 1.165) is 12.1 Å². The van der Waals surface area contributed by atoms with Crippen LogP contribution >= 0.6 is 0 Å². The predicted molar refractivity (Wildman–Crippen MR) is 44.4 cm³/mol. The first-order chi connectivity index (χ1) is 6.06. The highest BCUT2D eigenvalue weighted by Crippen LogP contribution is 2.18. The zero-order valence-electron chi connectivity index (χ0n) is 6.78. The molecule has 1 aromatic carbocycles. The molecule has 0 spiro atoms. The van der Waals surface area contributed by atoms with Gasteiger partial charge in [-0.3, -0.25) is 0 Å². The van der Waals surface area contributed by atoms with Gasteiger partial charge < -0.3 is 5.73 Å². The van der Waals surface area contributed by atoms with E-state index < -0.39 is 17.5 Å². The lowest BCUT2D eigenvalue weighted by molar-refractivity contribution is 0.446. The Morgan fingerprint density at radius 1 is 1.23 bits per heavy atom. The first kappa shape index (κ1) is 9.80. The van der Waals surface area contributed by atoms with E-state index in [9.17, 15) is 13.2 Å². The topological polar surface area (TPSA) is 26.0 Å². The summed E-state index contributed by atoms with van der Waals surface area (Å²) in [7, 11) is 0. The van der Waals surface area contributed by atoms with Gasteiger partial charge in [0.05, 0.1) is 0 Å². The first-order valence-corrected chi connectivity index (χ1v) is 3.59. The molecule has 0 fully saturated rings. The molecular weight excluding hydrogens is 179 g/mol. The van der Waals surface area contributed by atoms with Crippen molar-refractivity contribution in [3.63, 3.8) is 0 Å². The van der Waals surface area contributed by atoms with Crippen LogP contribution < -0.4 is 5.73 Å².